The summed E-state index contributed by atoms with van der Waals surface area (Å²) in [5.41, 5.74) is 2.96. The Morgan fingerprint density at radius 3 is 2.43 bits per heavy atom. The molecule has 2 N–H and O–H groups in total. The molecule has 1 atom stereocenters. The topological polar surface area (TPSA) is 113 Å². The molecule has 1 saturated heterocycles. The Bertz CT molecular complexity index is 1450. The Hall–Kier alpha value is -4.66. The van der Waals surface area contributed by atoms with Crippen LogP contribution in [0.15, 0.2) is 66.7 Å². The number of carbonyl (C=O) groups excluding carboxylic acids is 5. The maximum absolute atomic E-state index is 13.4. The van der Waals surface area contributed by atoms with Crippen molar-refractivity contribution in [3.05, 3.63) is 94.8 Å². The summed E-state index contributed by atoms with van der Waals surface area (Å²) in [6.45, 7) is 0.341. The van der Waals surface area contributed by atoms with Crippen LogP contribution in [0.1, 0.15) is 49.5 Å². The molecule has 0 radical (unpaired) electrons. The second-order valence-corrected chi connectivity index (χ2v) is 8.89. The van der Waals surface area contributed by atoms with Crippen molar-refractivity contribution in [3.63, 3.8) is 0 Å². The smallest absolute Gasteiger partial charge is 0.262 e. The molecular weight excluding hydrogens is 477 g/mol. The van der Waals surface area contributed by atoms with Crippen molar-refractivity contribution in [2.45, 2.75) is 25.3 Å². The van der Waals surface area contributed by atoms with E-state index in [1.807, 2.05) is 24.3 Å². The maximum atomic E-state index is 13.4. The number of fused-ring (bicyclic) bond motifs is 1. The lowest BCUT2D eigenvalue weighted by Gasteiger charge is -2.27. The first-order valence-corrected chi connectivity index (χ1v) is 11.8. The second kappa shape index (κ2) is 9.77. The van der Waals surface area contributed by atoms with Crippen molar-refractivity contribution in [2.24, 2.45) is 0 Å². The Balaban J connectivity index is 1.34. The van der Waals surface area contributed by atoms with Crippen LogP contribution < -0.4 is 10.6 Å². The average Bonchev–Trinajstić information content (AvgIpc) is 3.14. The van der Waals surface area contributed by atoms with Crippen LogP contribution in [-0.4, -0.2) is 47.0 Å². The van der Waals surface area contributed by atoms with Crippen LogP contribution >= 0.6 is 0 Å². The van der Waals surface area contributed by atoms with Gasteiger partial charge in [0.2, 0.25) is 11.8 Å². The first-order valence-electron chi connectivity index (χ1n) is 11.8. The van der Waals surface area contributed by atoms with E-state index in [2.05, 4.69) is 10.6 Å². The normalized spacial score (nSPS) is 17.0. The van der Waals surface area contributed by atoms with Crippen molar-refractivity contribution >= 4 is 29.5 Å². The van der Waals surface area contributed by atoms with E-state index >= 15 is 0 Å². The minimum atomic E-state index is -1.03. The minimum Gasteiger partial charge on any atom is -0.352 e. The highest BCUT2D eigenvalue weighted by Crippen LogP contribution is 2.35. The Kier molecular flexibility index (Phi) is 6.35. The molecule has 0 spiro atoms. The molecule has 0 aliphatic carbocycles. The molecule has 0 aromatic heterocycles. The summed E-state index contributed by atoms with van der Waals surface area (Å²) in [6.07, 6.45) is 0.645. The van der Waals surface area contributed by atoms with Gasteiger partial charge in [-0.2, -0.15) is 0 Å². The lowest BCUT2D eigenvalue weighted by molar-refractivity contribution is -0.136. The quantitative estimate of drug-likeness (QED) is 0.507. The SMILES string of the molecule is O=C1CCC(N2C(=O)c3cccc(-c4cccc(CCNC(=O)c5ccc(F)cc5)c4)c3C2=O)C(=O)N1. The van der Waals surface area contributed by atoms with Crippen LogP contribution in [0.4, 0.5) is 4.39 Å². The monoisotopic (exact) mass is 499 g/mol. The lowest BCUT2D eigenvalue weighted by Crippen LogP contribution is -2.54. The standard InChI is InChI=1S/C28H22FN3O5/c29-19-9-7-17(8-10-19)25(34)30-14-13-16-3-1-4-18(15-16)20-5-2-6-21-24(20)28(37)32(27(21)36)22-11-12-23(33)31-26(22)35/h1-10,15,22H,11-14H2,(H,30,34)(H,31,33,35). The fourth-order valence-corrected chi connectivity index (χ4v) is 4.67. The van der Waals surface area contributed by atoms with E-state index in [0.717, 1.165) is 10.5 Å². The van der Waals surface area contributed by atoms with E-state index in [1.54, 1.807) is 18.2 Å². The number of halogens is 1. The van der Waals surface area contributed by atoms with Gasteiger partial charge in [-0.1, -0.05) is 36.4 Å². The van der Waals surface area contributed by atoms with Crippen LogP contribution in [0.25, 0.3) is 11.1 Å². The molecule has 1 fully saturated rings. The zero-order valence-corrected chi connectivity index (χ0v) is 19.6. The number of piperidine rings is 1. The molecule has 2 aliphatic rings. The number of nitrogens with zero attached hydrogens (tertiary/aromatic N) is 1. The predicted molar refractivity (Wildman–Crippen MR) is 131 cm³/mol. The predicted octanol–water partition coefficient (Wildman–Crippen LogP) is 2.87. The van der Waals surface area contributed by atoms with Gasteiger partial charge in [0.05, 0.1) is 11.1 Å². The summed E-state index contributed by atoms with van der Waals surface area (Å²) in [7, 11) is 0. The molecule has 5 rings (SSSR count). The van der Waals surface area contributed by atoms with E-state index < -0.39 is 35.5 Å². The van der Waals surface area contributed by atoms with Gasteiger partial charge in [0, 0.05) is 18.5 Å². The van der Waals surface area contributed by atoms with E-state index in [1.165, 1.54) is 24.3 Å². The minimum absolute atomic E-state index is 0.0520. The highest BCUT2D eigenvalue weighted by molar-refractivity contribution is 6.25. The number of nitrogens with one attached hydrogen (secondary N) is 2. The van der Waals surface area contributed by atoms with Crippen LogP contribution in [0.3, 0.4) is 0 Å². The van der Waals surface area contributed by atoms with Crippen LogP contribution in [0.2, 0.25) is 0 Å². The first kappa shape index (κ1) is 24.1. The lowest BCUT2D eigenvalue weighted by atomic mass is 9.95. The molecule has 2 aliphatic heterocycles. The highest BCUT2D eigenvalue weighted by atomic mass is 19.1. The van der Waals surface area contributed by atoms with Crippen LogP contribution in [-0.2, 0) is 16.0 Å². The second-order valence-electron chi connectivity index (χ2n) is 8.89. The maximum Gasteiger partial charge on any atom is 0.262 e. The molecule has 0 bridgehead atoms. The molecule has 37 heavy (non-hydrogen) atoms. The number of hydrogen-bond acceptors (Lipinski definition) is 5. The Morgan fingerprint density at radius 2 is 1.68 bits per heavy atom. The van der Waals surface area contributed by atoms with E-state index in [-0.39, 0.29) is 29.9 Å². The molecule has 186 valence electrons. The molecule has 0 saturated carbocycles. The summed E-state index contributed by atoms with van der Waals surface area (Å²) in [6, 6.07) is 16.6. The van der Waals surface area contributed by atoms with E-state index in [9.17, 15) is 28.4 Å². The third-order valence-electron chi connectivity index (χ3n) is 6.51. The number of rotatable bonds is 6. The fraction of sp³-hybridized carbons (Fsp3) is 0.179. The molecule has 9 heteroatoms. The van der Waals surface area contributed by atoms with Crippen LogP contribution in [0, 0.1) is 5.82 Å². The highest BCUT2D eigenvalue weighted by Gasteiger charge is 2.45. The molecular formula is C28H22FN3O5. The van der Waals surface area contributed by atoms with Crippen molar-refractivity contribution in [2.75, 3.05) is 6.54 Å². The summed E-state index contributed by atoms with van der Waals surface area (Å²) >= 11 is 0. The van der Waals surface area contributed by atoms with Gasteiger partial charge in [0.1, 0.15) is 11.9 Å². The summed E-state index contributed by atoms with van der Waals surface area (Å²) in [5.74, 6) is -2.94. The van der Waals surface area contributed by atoms with Gasteiger partial charge in [-0.05, 0) is 59.9 Å². The summed E-state index contributed by atoms with van der Waals surface area (Å²) in [5, 5.41) is 5.00. The number of carbonyl (C=O) groups is 5. The van der Waals surface area contributed by atoms with Gasteiger partial charge in [-0.25, -0.2) is 4.39 Å². The van der Waals surface area contributed by atoms with Gasteiger partial charge in [-0.15, -0.1) is 0 Å². The fourth-order valence-electron chi connectivity index (χ4n) is 4.67. The number of amides is 5. The largest absolute Gasteiger partial charge is 0.352 e. The number of imide groups is 2. The van der Waals surface area contributed by atoms with Crippen molar-refractivity contribution in [1.29, 1.82) is 0 Å². The molecule has 2 heterocycles. The van der Waals surface area contributed by atoms with Gasteiger partial charge in [0.25, 0.3) is 17.7 Å². The zero-order chi connectivity index (χ0) is 26.1. The average molecular weight is 499 g/mol. The van der Waals surface area contributed by atoms with Gasteiger partial charge in [0.15, 0.2) is 0 Å². The van der Waals surface area contributed by atoms with Gasteiger partial charge < -0.3 is 5.32 Å². The molecule has 3 aromatic carbocycles. The zero-order valence-electron chi connectivity index (χ0n) is 19.6. The van der Waals surface area contributed by atoms with E-state index in [4.69, 9.17) is 0 Å². The van der Waals surface area contributed by atoms with Crippen molar-refractivity contribution in [3.8, 4) is 11.1 Å². The first-order chi connectivity index (χ1) is 17.8. The summed E-state index contributed by atoms with van der Waals surface area (Å²) in [4.78, 5) is 63.6. The molecule has 3 aromatic rings. The third-order valence-corrected chi connectivity index (χ3v) is 6.51. The van der Waals surface area contributed by atoms with Gasteiger partial charge >= 0.3 is 0 Å². The molecule has 5 amide bonds. The molecule has 1 unspecified atom stereocenters. The van der Waals surface area contributed by atoms with Gasteiger partial charge in [-0.3, -0.25) is 34.2 Å². The van der Waals surface area contributed by atoms with Crippen molar-refractivity contribution < 1.29 is 28.4 Å². The third kappa shape index (κ3) is 4.63. The number of hydrogen-bond donors (Lipinski definition) is 2. The van der Waals surface area contributed by atoms with Crippen LogP contribution in [0.5, 0.6) is 0 Å². The Morgan fingerprint density at radius 1 is 0.946 bits per heavy atom. The molecule has 8 nitrogen and oxygen atoms in total. The Labute approximate surface area is 211 Å². The van der Waals surface area contributed by atoms with Crippen molar-refractivity contribution in [1.82, 2.24) is 15.5 Å². The number of benzene rings is 3. The van der Waals surface area contributed by atoms with E-state index in [0.29, 0.717) is 29.7 Å². The summed E-state index contributed by atoms with van der Waals surface area (Å²) < 4.78 is 13.1.